The molecule has 0 aliphatic carbocycles. The van der Waals surface area contributed by atoms with Gasteiger partial charge >= 0.3 is 6.03 Å². The molecule has 0 unspecified atom stereocenters. The van der Waals surface area contributed by atoms with E-state index in [1.165, 1.54) is 6.92 Å². The van der Waals surface area contributed by atoms with Crippen LogP contribution < -0.4 is 5.32 Å². The standard InChI is InChI=1S/C17H25N3O2/c1-13(2)12-19-7-9-20(10-8-19)17(22)18-16-6-4-5-15(11-16)14(3)21/h4-6,11,13H,7-10,12H2,1-3H3,(H,18,22). The molecule has 1 saturated heterocycles. The highest BCUT2D eigenvalue weighted by Gasteiger charge is 2.21. The average molecular weight is 303 g/mol. The summed E-state index contributed by atoms with van der Waals surface area (Å²) < 4.78 is 0. The zero-order chi connectivity index (χ0) is 16.1. The number of amides is 2. The minimum atomic E-state index is -0.0927. The van der Waals surface area contributed by atoms with Crippen molar-refractivity contribution >= 4 is 17.5 Å². The second-order valence-corrected chi connectivity index (χ2v) is 6.25. The van der Waals surface area contributed by atoms with Crippen LogP contribution in [0.1, 0.15) is 31.1 Å². The van der Waals surface area contributed by atoms with Crippen LogP contribution in [0.2, 0.25) is 0 Å². The quantitative estimate of drug-likeness (QED) is 0.870. The summed E-state index contributed by atoms with van der Waals surface area (Å²) in [5, 5.41) is 2.88. The molecule has 120 valence electrons. The second kappa shape index (κ2) is 7.40. The summed E-state index contributed by atoms with van der Waals surface area (Å²) in [6, 6.07) is 6.97. The Morgan fingerprint density at radius 2 is 1.86 bits per heavy atom. The van der Waals surface area contributed by atoms with Crippen molar-refractivity contribution in [2.75, 3.05) is 38.0 Å². The first-order valence-electron chi connectivity index (χ1n) is 7.85. The molecule has 2 amide bonds. The molecular weight excluding hydrogens is 278 g/mol. The maximum Gasteiger partial charge on any atom is 0.321 e. The molecule has 2 rings (SSSR count). The lowest BCUT2D eigenvalue weighted by Crippen LogP contribution is -2.50. The third-order valence-corrected chi connectivity index (χ3v) is 3.80. The second-order valence-electron chi connectivity index (χ2n) is 6.25. The number of urea groups is 1. The van der Waals surface area contributed by atoms with E-state index in [0.717, 1.165) is 32.7 Å². The van der Waals surface area contributed by atoms with Crippen LogP contribution in [0.15, 0.2) is 24.3 Å². The largest absolute Gasteiger partial charge is 0.322 e. The third-order valence-electron chi connectivity index (χ3n) is 3.80. The molecule has 1 N–H and O–H groups in total. The van der Waals surface area contributed by atoms with Crippen LogP contribution in [0.4, 0.5) is 10.5 Å². The van der Waals surface area contributed by atoms with Crippen LogP contribution in [0.3, 0.4) is 0 Å². The molecule has 0 saturated carbocycles. The summed E-state index contributed by atoms with van der Waals surface area (Å²) in [4.78, 5) is 27.9. The monoisotopic (exact) mass is 303 g/mol. The van der Waals surface area contributed by atoms with Gasteiger partial charge in [-0.05, 0) is 25.0 Å². The number of hydrogen-bond donors (Lipinski definition) is 1. The van der Waals surface area contributed by atoms with Crippen molar-refractivity contribution in [3.05, 3.63) is 29.8 Å². The fraction of sp³-hybridized carbons (Fsp3) is 0.529. The third kappa shape index (κ3) is 4.56. The lowest BCUT2D eigenvalue weighted by Gasteiger charge is -2.35. The number of benzene rings is 1. The smallest absolute Gasteiger partial charge is 0.321 e. The van der Waals surface area contributed by atoms with E-state index in [0.29, 0.717) is 17.2 Å². The highest BCUT2D eigenvalue weighted by Crippen LogP contribution is 2.13. The maximum atomic E-state index is 12.3. The number of ketones is 1. The van der Waals surface area contributed by atoms with Gasteiger partial charge in [0.2, 0.25) is 0 Å². The molecule has 5 nitrogen and oxygen atoms in total. The zero-order valence-electron chi connectivity index (χ0n) is 13.6. The van der Waals surface area contributed by atoms with Gasteiger partial charge in [0.1, 0.15) is 0 Å². The number of Topliss-reactive ketones (excluding diaryl/α,β-unsaturated/α-hetero) is 1. The van der Waals surface area contributed by atoms with Gasteiger partial charge in [0.15, 0.2) is 5.78 Å². The van der Waals surface area contributed by atoms with Crippen molar-refractivity contribution < 1.29 is 9.59 Å². The highest BCUT2D eigenvalue weighted by atomic mass is 16.2. The summed E-state index contributed by atoms with van der Waals surface area (Å²) in [6.45, 7) is 10.3. The molecule has 5 heteroatoms. The molecular formula is C17H25N3O2. The lowest BCUT2D eigenvalue weighted by molar-refractivity contribution is 0.101. The van der Waals surface area contributed by atoms with Crippen LogP contribution >= 0.6 is 0 Å². The molecule has 0 aromatic heterocycles. The molecule has 1 aromatic rings. The number of carbonyl (C=O) groups is 2. The molecule has 1 aliphatic rings. The summed E-state index contributed by atoms with van der Waals surface area (Å²) >= 11 is 0. The van der Waals surface area contributed by atoms with Gasteiger partial charge in [0.25, 0.3) is 0 Å². The summed E-state index contributed by atoms with van der Waals surface area (Å²) in [5.41, 5.74) is 1.28. The minimum absolute atomic E-state index is 0.00148. The van der Waals surface area contributed by atoms with Crippen LogP contribution in [-0.2, 0) is 0 Å². The van der Waals surface area contributed by atoms with Gasteiger partial charge < -0.3 is 10.2 Å². The average Bonchev–Trinajstić information content (AvgIpc) is 2.47. The van der Waals surface area contributed by atoms with Crippen LogP contribution in [0.5, 0.6) is 0 Å². The van der Waals surface area contributed by atoms with Gasteiger partial charge in [-0.25, -0.2) is 4.79 Å². The minimum Gasteiger partial charge on any atom is -0.322 e. The predicted octanol–water partition coefficient (Wildman–Crippen LogP) is 2.69. The SMILES string of the molecule is CC(=O)c1cccc(NC(=O)N2CCN(CC(C)C)CC2)c1. The number of rotatable bonds is 4. The molecule has 0 spiro atoms. The fourth-order valence-electron chi connectivity index (χ4n) is 2.67. The summed E-state index contributed by atoms with van der Waals surface area (Å²) in [5.74, 6) is 0.646. The normalized spacial score (nSPS) is 15.9. The van der Waals surface area contributed by atoms with E-state index in [-0.39, 0.29) is 11.8 Å². The molecule has 0 bridgehead atoms. The molecule has 1 aliphatic heterocycles. The Hall–Kier alpha value is -1.88. The number of carbonyl (C=O) groups excluding carboxylic acids is 2. The fourth-order valence-corrected chi connectivity index (χ4v) is 2.67. The van der Waals surface area contributed by atoms with E-state index in [4.69, 9.17) is 0 Å². The Kier molecular flexibility index (Phi) is 5.55. The van der Waals surface area contributed by atoms with Gasteiger partial charge in [0, 0.05) is 44.0 Å². The van der Waals surface area contributed by atoms with Gasteiger partial charge in [-0.3, -0.25) is 9.69 Å². The zero-order valence-corrected chi connectivity index (χ0v) is 13.6. The van der Waals surface area contributed by atoms with Gasteiger partial charge in [-0.1, -0.05) is 26.0 Å². The first-order chi connectivity index (χ1) is 10.5. The highest BCUT2D eigenvalue weighted by molar-refractivity contribution is 5.96. The molecule has 1 fully saturated rings. The Morgan fingerprint density at radius 1 is 1.18 bits per heavy atom. The number of nitrogens with one attached hydrogen (secondary N) is 1. The molecule has 0 atom stereocenters. The molecule has 22 heavy (non-hydrogen) atoms. The topological polar surface area (TPSA) is 52.7 Å². The van der Waals surface area contributed by atoms with Gasteiger partial charge in [0.05, 0.1) is 0 Å². The van der Waals surface area contributed by atoms with Gasteiger partial charge in [-0.15, -0.1) is 0 Å². The molecule has 1 heterocycles. The van der Waals surface area contributed by atoms with E-state index in [1.54, 1.807) is 24.3 Å². The Morgan fingerprint density at radius 3 is 2.45 bits per heavy atom. The first-order valence-corrected chi connectivity index (χ1v) is 7.85. The van der Waals surface area contributed by atoms with Crippen molar-refractivity contribution in [1.29, 1.82) is 0 Å². The van der Waals surface area contributed by atoms with Gasteiger partial charge in [-0.2, -0.15) is 0 Å². The Bertz CT molecular complexity index is 534. The maximum absolute atomic E-state index is 12.3. The van der Waals surface area contributed by atoms with Crippen molar-refractivity contribution in [3.63, 3.8) is 0 Å². The van der Waals surface area contributed by atoms with Crippen LogP contribution in [-0.4, -0.2) is 54.3 Å². The predicted molar refractivity (Wildman–Crippen MR) is 88.3 cm³/mol. The van der Waals surface area contributed by atoms with Crippen molar-refractivity contribution in [3.8, 4) is 0 Å². The summed E-state index contributed by atoms with van der Waals surface area (Å²) in [6.07, 6.45) is 0. The van der Waals surface area contributed by atoms with Crippen LogP contribution in [0.25, 0.3) is 0 Å². The van der Waals surface area contributed by atoms with Crippen LogP contribution in [0, 0.1) is 5.92 Å². The van der Waals surface area contributed by atoms with E-state index in [1.807, 2.05) is 4.90 Å². The summed E-state index contributed by atoms with van der Waals surface area (Å²) in [7, 11) is 0. The van der Waals surface area contributed by atoms with E-state index >= 15 is 0 Å². The Labute approximate surface area is 132 Å². The Balaban J connectivity index is 1.88. The van der Waals surface area contributed by atoms with E-state index in [9.17, 15) is 9.59 Å². The van der Waals surface area contributed by atoms with E-state index in [2.05, 4.69) is 24.1 Å². The first kappa shape index (κ1) is 16.5. The lowest BCUT2D eigenvalue weighted by atomic mass is 10.1. The van der Waals surface area contributed by atoms with Crippen molar-refractivity contribution in [2.24, 2.45) is 5.92 Å². The number of anilines is 1. The van der Waals surface area contributed by atoms with E-state index < -0.39 is 0 Å². The molecule has 0 radical (unpaired) electrons. The van der Waals surface area contributed by atoms with Crippen molar-refractivity contribution in [2.45, 2.75) is 20.8 Å². The number of nitrogens with zero attached hydrogens (tertiary/aromatic N) is 2. The number of piperazine rings is 1. The molecule has 1 aromatic carbocycles. The number of hydrogen-bond acceptors (Lipinski definition) is 3. The van der Waals surface area contributed by atoms with Crippen molar-refractivity contribution in [1.82, 2.24) is 9.80 Å².